The second-order valence-corrected chi connectivity index (χ2v) is 34.5. The molecule has 0 spiro atoms. The van der Waals surface area contributed by atoms with Crippen LogP contribution < -0.4 is 21.7 Å². The molecule has 5 amide bonds. The molecule has 2 aliphatic heterocycles. The number of hydrogen-bond donors (Lipinski definition) is 4. The lowest BCUT2D eigenvalue weighted by Crippen LogP contribution is -2.48. The van der Waals surface area contributed by atoms with Gasteiger partial charge in [0.25, 0.3) is 29.5 Å². The first-order chi connectivity index (χ1) is 56.7. The molecule has 121 heavy (non-hydrogen) atoms. The SMILES string of the molecule is CC(C)CCNC(=O)c1ccc(-c2cc(C(F)(F)F)n(C)n2)s1.CC1CN(C(=O)c2ccc(-c3cc(C(F)(F)F)n(C)n3)s2)CC(C)O1.CCCSCC.COCCCNC(=O)c1ccc(-c2cc(C(F)(F)F)n(C)n2)s1.Cn1nc(-c2ccc(C(=O)NCCN3CCCCC3)s2)cc1C(F)(F)F.Cn1nc(-c2ccc(C(N)=O)s2)cc1C(F)(F)F. The summed E-state index contributed by atoms with van der Waals surface area (Å²) >= 11 is 7.54. The summed E-state index contributed by atoms with van der Waals surface area (Å²) in [5.41, 5.74) is 1.97. The molecule has 664 valence electrons. The van der Waals surface area contributed by atoms with Crippen LogP contribution in [-0.4, -0.2) is 178 Å². The van der Waals surface area contributed by atoms with Crippen molar-refractivity contribution in [3.05, 3.63) is 144 Å². The summed E-state index contributed by atoms with van der Waals surface area (Å²) in [6, 6.07) is 20.8. The van der Waals surface area contributed by atoms with Crippen molar-refractivity contribution in [1.29, 1.82) is 0 Å². The minimum atomic E-state index is -4.46. The van der Waals surface area contributed by atoms with Gasteiger partial charge in [-0.05, 0) is 167 Å². The summed E-state index contributed by atoms with van der Waals surface area (Å²) in [5, 5.41) is 27.8. The van der Waals surface area contributed by atoms with Gasteiger partial charge in [-0.1, -0.05) is 34.1 Å². The number of carbonyl (C=O) groups excluding carboxylic acids is 5. The molecular formula is C77H93F15N16O7S6. The number of piperidine rings is 1. The van der Waals surface area contributed by atoms with E-state index < -0.39 is 65.3 Å². The van der Waals surface area contributed by atoms with E-state index in [0.29, 0.717) is 95.6 Å². The molecule has 10 aromatic rings. The van der Waals surface area contributed by atoms with E-state index >= 15 is 0 Å². The third-order valence-electron chi connectivity index (χ3n) is 17.5. The Morgan fingerprint density at radius 2 is 0.802 bits per heavy atom. The lowest BCUT2D eigenvalue weighted by molar-refractivity contribution is -0.144. The Morgan fingerprint density at radius 3 is 1.09 bits per heavy atom. The van der Waals surface area contributed by atoms with E-state index in [-0.39, 0.29) is 69.2 Å². The summed E-state index contributed by atoms with van der Waals surface area (Å²) in [6.07, 6.45) is -15.8. The van der Waals surface area contributed by atoms with Crippen LogP contribution in [-0.2, 0) is 75.6 Å². The third-order valence-corrected chi connectivity index (χ3v) is 24.2. The van der Waals surface area contributed by atoms with Gasteiger partial charge < -0.3 is 41.0 Å². The zero-order chi connectivity index (χ0) is 89.6. The number of aryl methyl sites for hydroxylation is 5. The van der Waals surface area contributed by atoms with Crippen LogP contribution in [0, 0.1) is 5.92 Å². The number of halogens is 15. The number of amides is 5. The summed E-state index contributed by atoms with van der Waals surface area (Å²) in [7, 11) is 7.80. The highest BCUT2D eigenvalue weighted by Gasteiger charge is 2.40. The molecule has 10 aromatic heterocycles. The summed E-state index contributed by atoms with van der Waals surface area (Å²) in [4.78, 5) is 68.5. The van der Waals surface area contributed by atoms with Gasteiger partial charge in [-0.25, -0.2) is 0 Å². The van der Waals surface area contributed by atoms with E-state index in [1.54, 1.807) is 60.5 Å². The van der Waals surface area contributed by atoms with Crippen molar-refractivity contribution in [2.75, 3.05) is 77.6 Å². The Morgan fingerprint density at radius 1 is 0.488 bits per heavy atom. The van der Waals surface area contributed by atoms with E-state index in [9.17, 15) is 89.8 Å². The molecule has 2 fully saturated rings. The molecule has 0 aromatic carbocycles. The number of nitrogens with two attached hydrogens (primary N) is 1. The Balaban J connectivity index is 0.000000205. The lowest BCUT2D eigenvalue weighted by atomic mass is 10.1. The van der Waals surface area contributed by atoms with Gasteiger partial charge >= 0.3 is 30.9 Å². The highest BCUT2D eigenvalue weighted by molar-refractivity contribution is 7.99. The predicted octanol–water partition coefficient (Wildman–Crippen LogP) is 18.1. The summed E-state index contributed by atoms with van der Waals surface area (Å²) in [5.74, 6) is 1.67. The molecular weight excluding hydrogens is 1740 g/mol. The number of carbonyl (C=O) groups is 5. The first-order valence-corrected chi connectivity index (χ1v) is 42.9. The van der Waals surface area contributed by atoms with Crippen LogP contribution in [0.3, 0.4) is 0 Å². The number of aromatic nitrogens is 10. The van der Waals surface area contributed by atoms with Crippen molar-refractivity contribution in [3.63, 3.8) is 0 Å². The molecule has 2 aliphatic rings. The van der Waals surface area contributed by atoms with E-state index in [2.05, 4.69) is 74.0 Å². The van der Waals surface area contributed by atoms with Crippen molar-refractivity contribution in [1.82, 2.24) is 74.7 Å². The van der Waals surface area contributed by atoms with Crippen molar-refractivity contribution in [2.45, 2.75) is 123 Å². The number of methoxy groups -OCH3 is 1. The standard InChI is InChI=1S/C17H21F3N4OS.C16H18F3N3O2S.C15H18F3N3OS.C14H16F3N3O2S.C10H8F3N3OS.C5H12S/c1-23-15(17(18,19)20)11-12(22-23)13-5-6-14(26-13)16(25)21-7-10-24-8-3-2-4-9-24;1-9-7-22(8-10(2)24-9)15(23)13-5-4-12(25-13)11-6-14(16(17,18)19)21(3)20-11;1-9(2)6-7-19-14(22)12-5-4-11(23-12)10-8-13(15(16,17)18)21(3)20-10;1-20-12(14(15,16)17)8-9(19-20)10-4-5-11(23-10)13(21)18-6-3-7-22-2;1-16-8(10(11,12)13)4-5(15-16)6-2-3-7(18-6)9(14)17;1-3-5-6-4-2/h5-6,11H,2-4,7-10H2,1H3,(H,21,25);4-6,9-10H,7-8H2,1-3H3;4-5,8-9H,6-7H2,1-3H3,(H,19,22);4-5,8H,3,6-7H2,1-2H3,(H,18,21);2-4H,1H3,(H2,14,17);3-5H2,1-2H3. The van der Waals surface area contributed by atoms with Crippen molar-refractivity contribution in [3.8, 4) is 52.9 Å². The van der Waals surface area contributed by atoms with Crippen LogP contribution in [0.1, 0.15) is 157 Å². The monoisotopic (exact) mass is 1830 g/mol. The van der Waals surface area contributed by atoms with Crippen LogP contribution >= 0.6 is 68.4 Å². The van der Waals surface area contributed by atoms with E-state index in [0.717, 1.165) is 136 Å². The smallest absolute Gasteiger partial charge is 0.385 e. The molecule has 0 bridgehead atoms. The van der Waals surface area contributed by atoms with Gasteiger partial charge in [0.2, 0.25) is 0 Å². The highest BCUT2D eigenvalue weighted by atomic mass is 32.2. The fourth-order valence-electron chi connectivity index (χ4n) is 11.7. The topological polar surface area (TPSA) is 262 Å². The van der Waals surface area contributed by atoms with Gasteiger partial charge in [0.1, 0.15) is 56.9 Å². The molecule has 23 nitrogen and oxygen atoms in total. The minimum absolute atomic E-state index is 0.0442. The van der Waals surface area contributed by atoms with Gasteiger partial charge in [0.05, 0.1) is 61.0 Å². The number of morpholine rings is 1. The number of alkyl halides is 15. The average Bonchev–Trinajstić information content (AvgIpc) is 1.67. The second-order valence-electron chi connectivity index (χ2n) is 27.7. The molecule has 12 heterocycles. The first kappa shape index (κ1) is 99.2. The summed E-state index contributed by atoms with van der Waals surface area (Å²) in [6.45, 7) is 18.5. The van der Waals surface area contributed by atoms with Crippen molar-refractivity contribution in [2.24, 2.45) is 46.9 Å². The largest absolute Gasteiger partial charge is 0.433 e. The first-order valence-electron chi connectivity index (χ1n) is 37.7. The van der Waals surface area contributed by atoms with Crippen LogP contribution in [0.5, 0.6) is 0 Å². The van der Waals surface area contributed by atoms with Gasteiger partial charge in [0, 0.05) is 88.2 Å². The number of hydrogen-bond acceptors (Lipinski definition) is 19. The maximum absolute atomic E-state index is 12.9. The zero-order valence-corrected chi connectivity index (χ0v) is 72.7. The molecule has 2 saturated heterocycles. The predicted molar refractivity (Wildman–Crippen MR) is 439 cm³/mol. The van der Waals surface area contributed by atoms with Gasteiger partial charge in [0.15, 0.2) is 0 Å². The Bertz CT molecular complexity index is 4980. The number of thiophene rings is 5. The number of thioether (sulfide) groups is 1. The quantitative estimate of drug-likeness (QED) is 0.0343. The number of nitrogens with one attached hydrogen (secondary N) is 3. The van der Waals surface area contributed by atoms with Crippen molar-refractivity contribution >= 4 is 98.0 Å². The Kier molecular flexibility index (Phi) is 36.4. The Hall–Kier alpha value is -8.92. The molecule has 44 heteroatoms. The number of primary amides is 1. The lowest BCUT2D eigenvalue weighted by Gasteiger charge is -2.35. The normalized spacial score (nSPS) is 14.6. The van der Waals surface area contributed by atoms with Gasteiger partial charge in [-0.3, -0.25) is 47.4 Å². The van der Waals surface area contributed by atoms with Gasteiger partial charge in [-0.2, -0.15) is 103 Å². The van der Waals surface area contributed by atoms with E-state index in [1.165, 1.54) is 84.6 Å². The summed E-state index contributed by atoms with van der Waals surface area (Å²) < 4.78 is 206. The molecule has 5 N–H and O–H groups in total. The van der Waals surface area contributed by atoms with Gasteiger partial charge in [-0.15, -0.1) is 56.7 Å². The van der Waals surface area contributed by atoms with Crippen LogP contribution in [0.25, 0.3) is 52.9 Å². The fourth-order valence-corrected chi connectivity index (χ4v) is 16.7. The molecule has 0 aliphatic carbocycles. The molecule has 2 unspecified atom stereocenters. The number of likely N-dealkylation sites (tertiary alicyclic amines) is 1. The Labute approximate surface area is 712 Å². The van der Waals surface area contributed by atoms with Crippen LogP contribution in [0.2, 0.25) is 0 Å². The second kappa shape index (κ2) is 44.4. The number of ether oxygens (including phenoxy) is 2. The zero-order valence-electron chi connectivity index (χ0n) is 67.8. The van der Waals surface area contributed by atoms with E-state index in [1.807, 2.05) is 25.6 Å². The average molecular weight is 1830 g/mol. The number of nitrogens with zero attached hydrogens (tertiary/aromatic N) is 12. The van der Waals surface area contributed by atoms with Crippen molar-refractivity contribution < 1.29 is 99.3 Å². The number of rotatable bonds is 23. The minimum Gasteiger partial charge on any atom is -0.385 e. The molecule has 0 saturated carbocycles. The maximum Gasteiger partial charge on any atom is 0.433 e. The fraction of sp³-hybridized carbons (Fsp3) is 0.481. The molecule has 0 radical (unpaired) electrons. The van der Waals surface area contributed by atoms with Crippen LogP contribution in [0.15, 0.2) is 91.0 Å². The molecule has 12 rings (SSSR count). The maximum atomic E-state index is 12.9. The van der Waals surface area contributed by atoms with Crippen LogP contribution in [0.4, 0.5) is 65.9 Å². The van der Waals surface area contributed by atoms with E-state index in [4.69, 9.17) is 15.2 Å². The molecule has 2 atom stereocenters. The highest BCUT2D eigenvalue weighted by Crippen LogP contribution is 2.40. The third kappa shape index (κ3) is 29.7.